The van der Waals surface area contributed by atoms with Gasteiger partial charge in [0.05, 0.1) is 15.5 Å². The van der Waals surface area contributed by atoms with Crippen molar-refractivity contribution < 1.29 is 8.78 Å². The molecule has 3 aromatic rings. The number of rotatable bonds is 1. The van der Waals surface area contributed by atoms with Gasteiger partial charge in [-0.3, -0.25) is 0 Å². The number of halogens is 3. The molecule has 0 aliphatic carbocycles. The molecule has 1 heterocycles. The summed E-state index contributed by atoms with van der Waals surface area (Å²) in [6, 6.07) is 7.48. The van der Waals surface area contributed by atoms with Crippen molar-refractivity contribution in [3.8, 4) is 11.4 Å². The van der Waals surface area contributed by atoms with Crippen LogP contribution in [0.1, 0.15) is 5.56 Å². The lowest BCUT2D eigenvalue weighted by Gasteiger charge is -2.01. The molecule has 96 valence electrons. The van der Waals surface area contributed by atoms with E-state index in [1.165, 1.54) is 18.2 Å². The van der Waals surface area contributed by atoms with Crippen molar-refractivity contribution in [2.45, 2.75) is 6.92 Å². The quantitative estimate of drug-likeness (QED) is 0.698. The third-order valence-electron chi connectivity index (χ3n) is 2.97. The SMILES string of the molecule is Cc1cc(F)ccc1-c1nc2cc(Br)c(F)cc2[nH]1. The minimum absolute atomic E-state index is 0.286. The molecule has 0 saturated carbocycles. The Morgan fingerprint density at radius 1 is 1.16 bits per heavy atom. The highest BCUT2D eigenvalue weighted by Gasteiger charge is 2.10. The summed E-state index contributed by atoms with van der Waals surface area (Å²) >= 11 is 3.13. The largest absolute Gasteiger partial charge is 0.338 e. The number of benzene rings is 2. The van der Waals surface area contributed by atoms with Gasteiger partial charge in [-0.25, -0.2) is 13.8 Å². The Hall–Kier alpha value is -1.75. The number of hydrogen-bond donors (Lipinski definition) is 1. The third kappa shape index (κ3) is 2.14. The van der Waals surface area contributed by atoms with Crippen LogP contribution in [0.2, 0.25) is 0 Å². The van der Waals surface area contributed by atoms with Crippen molar-refractivity contribution in [1.82, 2.24) is 9.97 Å². The molecular formula is C14H9BrF2N2. The molecule has 0 aliphatic rings. The monoisotopic (exact) mass is 322 g/mol. The summed E-state index contributed by atoms with van der Waals surface area (Å²) in [4.78, 5) is 7.45. The molecule has 0 aliphatic heterocycles. The van der Waals surface area contributed by atoms with E-state index in [0.717, 1.165) is 11.1 Å². The number of aromatic amines is 1. The highest BCUT2D eigenvalue weighted by Crippen LogP contribution is 2.27. The molecule has 0 spiro atoms. The van der Waals surface area contributed by atoms with Crippen LogP contribution in [0.25, 0.3) is 22.4 Å². The standard InChI is InChI=1S/C14H9BrF2N2/c1-7-4-8(16)2-3-9(7)14-18-12-5-10(15)11(17)6-13(12)19-14/h2-6H,1H3,(H,18,19). The summed E-state index contributed by atoms with van der Waals surface area (Å²) in [7, 11) is 0. The Balaban J connectivity index is 2.20. The van der Waals surface area contributed by atoms with Gasteiger partial charge in [-0.2, -0.15) is 0 Å². The molecule has 5 heteroatoms. The van der Waals surface area contributed by atoms with Gasteiger partial charge in [-0.05, 0) is 52.7 Å². The molecule has 2 aromatic carbocycles. The van der Waals surface area contributed by atoms with Crippen molar-refractivity contribution in [3.05, 3.63) is 52.0 Å². The molecular weight excluding hydrogens is 314 g/mol. The van der Waals surface area contributed by atoms with Gasteiger partial charge in [0.1, 0.15) is 17.5 Å². The number of H-pyrrole nitrogens is 1. The first-order valence-electron chi connectivity index (χ1n) is 5.66. The Labute approximate surface area is 116 Å². The van der Waals surface area contributed by atoms with E-state index < -0.39 is 0 Å². The normalized spacial score (nSPS) is 11.2. The van der Waals surface area contributed by atoms with E-state index in [1.54, 1.807) is 12.1 Å². The van der Waals surface area contributed by atoms with Crippen LogP contribution in [-0.2, 0) is 0 Å². The minimum Gasteiger partial charge on any atom is -0.338 e. The molecule has 0 amide bonds. The first kappa shape index (κ1) is 12.3. The van der Waals surface area contributed by atoms with E-state index in [0.29, 0.717) is 21.3 Å². The zero-order valence-corrected chi connectivity index (χ0v) is 11.6. The van der Waals surface area contributed by atoms with Crippen LogP contribution >= 0.6 is 15.9 Å². The van der Waals surface area contributed by atoms with Crippen LogP contribution in [0.4, 0.5) is 8.78 Å². The van der Waals surface area contributed by atoms with Gasteiger partial charge in [-0.1, -0.05) is 0 Å². The maximum atomic E-state index is 13.4. The summed E-state index contributed by atoms with van der Waals surface area (Å²) in [5.41, 5.74) is 2.85. The summed E-state index contributed by atoms with van der Waals surface area (Å²) in [5, 5.41) is 0. The second-order valence-corrected chi connectivity index (χ2v) is 5.18. The van der Waals surface area contributed by atoms with Crippen LogP contribution in [-0.4, -0.2) is 9.97 Å². The molecule has 2 nitrogen and oxygen atoms in total. The van der Waals surface area contributed by atoms with E-state index >= 15 is 0 Å². The van der Waals surface area contributed by atoms with E-state index in [2.05, 4.69) is 25.9 Å². The van der Waals surface area contributed by atoms with Crippen molar-refractivity contribution >= 4 is 27.0 Å². The molecule has 3 rings (SSSR count). The first-order valence-corrected chi connectivity index (χ1v) is 6.45. The Morgan fingerprint density at radius 2 is 1.95 bits per heavy atom. The number of aryl methyl sites for hydroxylation is 1. The first-order chi connectivity index (χ1) is 9.04. The summed E-state index contributed by atoms with van der Waals surface area (Å²) in [6.07, 6.45) is 0. The van der Waals surface area contributed by atoms with E-state index in [-0.39, 0.29) is 11.6 Å². The highest BCUT2D eigenvalue weighted by molar-refractivity contribution is 9.10. The van der Waals surface area contributed by atoms with Crippen molar-refractivity contribution in [2.75, 3.05) is 0 Å². The molecule has 1 N–H and O–H groups in total. The topological polar surface area (TPSA) is 28.7 Å². The fraction of sp³-hybridized carbons (Fsp3) is 0.0714. The van der Waals surface area contributed by atoms with Crippen LogP contribution in [0, 0.1) is 18.6 Å². The Morgan fingerprint density at radius 3 is 2.68 bits per heavy atom. The van der Waals surface area contributed by atoms with Gasteiger partial charge in [0.25, 0.3) is 0 Å². The maximum absolute atomic E-state index is 13.4. The zero-order valence-electron chi connectivity index (χ0n) is 9.97. The summed E-state index contributed by atoms with van der Waals surface area (Å²) in [5.74, 6) is -0.0327. The molecule has 0 bridgehead atoms. The minimum atomic E-state index is -0.349. The van der Waals surface area contributed by atoms with Gasteiger partial charge in [0, 0.05) is 11.6 Å². The van der Waals surface area contributed by atoms with Crippen LogP contribution < -0.4 is 0 Å². The predicted octanol–water partition coefficient (Wildman–Crippen LogP) is 4.58. The smallest absolute Gasteiger partial charge is 0.139 e. The average molecular weight is 323 g/mol. The maximum Gasteiger partial charge on any atom is 0.139 e. The van der Waals surface area contributed by atoms with Crippen molar-refractivity contribution in [1.29, 1.82) is 0 Å². The number of hydrogen-bond acceptors (Lipinski definition) is 1. The molecule has 0 radical (unpaired) electrons. The third-order valence-corrected chi connectivity index (χ3v) is 3.58. The lowest BCUT2D eigenvalue weighted by molar-refractivity contribution is 0.623. The summed E-state index contributed by atoms with van der Waals surface area (Å²) < 4.78 is 26.9. The van der Waals surface area contributed by atoms with Gasteiger partial charge in [-0.15, -0.1) is 0 Å². The number of aromatic nitrogens is 2. The lowest BCUT2D eigenvalue weighted by atomic mass is 10.1. The number of imidazole rings is 1. The highest BCUT2D eigenvalue weighted by atomic mass is 79.9. The number of nitrogens with one attached hydrogen (secondary N) is 1. The van der Waals surface area contributed by atoms with Crippen LogP contribution in [0.3, 0.4) is 0 Å². The van der Waals surface area contributed by atoms with E-state index in [9.17, 15) is 8.78 Å². The number of fused-ring (bicyclic) bond motifs is 1. The van der Waals surface area contributed by atoms with Gasteiger partial charge in [0.15, 0.2) is 0 Å². The molecule has 1 aromatic heterocycles. The lowest BCUT2D eigenvalue weighted by Crippen LogP contribution is -1.86. The number of nitrogens with zero attached hydrogens (tertiary/aromatic N) is 1. The second-order valence-electron chi connectivity index (χ2n) is 4.33. The molecule has 19 heavy (non-hydrogen) atoms. The summed E-state index contributed by atoms with van der Waals surface area (Å²) in [6.45, 7) is 1.81. The fourth-order valence-corrected chi connectivity index (χ4v) is 2.36. The average Bonchev–Trinajstić information content (AvgIpc) is 2.72. The fourth-order valence-electron chi connectivity index (χ4n) is 2.03. The second kappa shape index (κ2) is 4.42. The molecule has 0 unspecified atom stereocenters. The molecule has 0 saturated heterocycles. The van der Waals surface area contributed by atoms with Crippen LogP contribution in [0.15, 0.2) is 34.8 Å². The van der Waals surface area contributed by atoms with Crippen molar-refractivity contribution in [3.63, 3.8) is 0 Å². The van der Waals surface area contributed by atoms with Gasteiger partial charge in [0.2, 0.25) is 0 Å². The molecule has 0 fully saturated rings. The van der Waals surface area contributed by atoms with E-state index in [1.807, 2.05) is 6.92 Å². The Bertz CT molecular complexity index is 741. The zero-order chi connectivity index (χ0) is 13.6. The Kier molecular flexibility index (Phi) is 2.86. The predicted molar refractivity (Wildman–Crippen MR) is 73.9 cm³/mol. The van der Waals surface area contributed by atoms with Crippen LogP contribution in [0.5, 0.6) is 0 Å². The van der Waals surface area contributed by atoms with Gasteiger partial charge < -0.3 is 4.98 Å². The van der Waals surface area contributed by atoms with Gasteiger partial charge >= 0.3 is 0 Å². The van der Waals surface area contributed by atoms with E-state index in [4.69, 9.17) is 0 Å². The molecule has 0 atom stereocenters. The van der Waals surface area contributed by atoms with Crippen molar-refractivity contribution in [2.24, 2.45) is 0 Å².